The number of nitrogens with zero attached hydrogens (tertiary/aromatic N) is 1. The molecule has 0 atom stereocenters. The van der Waals surface area contributed by atoms with Crippen LogP contribution in [-0.2, 0) is 9.59 Å². The van der Waals surface area contributed by atoms with Crippen molar-refractivity contribution in [3.63, 3.8) is 0 Å². The number of fused-ring (bicyclic) bond motifs is 1. The van der Waals surface area contributed by atoms with Gasteiger partial charge in [-0.1, -0.05) is 24.8 Å². The summed E-state index contributed by atoms with van der Waals surface area (Å²) in [6.07, 6.45) is 0. The molecule has 2 N–H and O–H groups in total. The summed E-state index contributed by atoms with van der Waals surface area (Å²) in [5, 5.41) is 5.26. The number of hydrogen-bond acceptors (Lipinski definition) is 3. The molecule has 0 unspecified atom stereocenters. The van der Waals surface area contributed by atoms with Gasteiger partial charge in [-0.3, -0.25) is 19.3 Å². The largest absolute Gasteiger partial charge is 0.350 e. The Morgan fingerprint density at radius 2 is 1.74 bits per heavy atom. The minimum atomic E-state index is -0.406. The number of amides is 3. The van der Waals surface area contributed by atoms with Gasteiger partial charge in [0.15, 0.2) is 0 Å². The zero-order valence-corrected chi connectivity index (χ0v) is 13.6. The minimum absolute atomic E-state index is 0.127. The van der Waals surface area contributed by atoms with Crippen molar-refractivity contribution in [1.82, 2.24) is 15.5 Å². The first kappa shape index (κ1) is 16.7. The van der Waals surface area contributed by atoms with E-state index in [2.05, 4.69) is 17.2 Å². The standard InChI is InChI=1S/C17H21N3O3/c1-11-12-7-5-6-8-13(12)16(23)20(11)10-15(22)18-9-14(21)19-17(2,3)4/h5-8H,1,9-10H2,2-4H3,(H,18,22)(H,19,21). The van der Waals surface area contributed by atoms with Crippen LogP contribution in [0.5, 0.6) is 0 Å². The molecule has 122 valence electrons. The lowest BCUT2D eigenvalue weighted by Gasteiger charge is -2.21. The molecule has 0 saturated carbocycles. The van der Waals surface area contributed by atoms with Gasteiger partial charge in [-0.05, 0) is 26.8 Å². The highest BCUT2D eigenvalue weighted by atomic mass is 16.2. The zero-order valence-electron chi connectivity index (χ0n) is 13.6. The van der Waals surface area contributed by atoms with Crippen LogP contribution in [0, 0.1) is 0 Å². The summed E-state index contributed by atoms with van der Waals surface area (Å²) in [7, 11) is 0. The van der Waals surface area contributed by atoms with Crippen LogP contribution >= 0.6 is 0 Å². The SMILES string of the molecule is C=C1c2ccccc2C(=O)N1CC(=O)NCC(=O)NC(C)(C)C. The monoisotopic (exact) mass is 315 g/mol. The van der Waals surface area contributed by atoms with E-state index in [1.807, 2.05) is 26.8 Å². The summed E-state index contributed by atoms with van der Waals surface area (Å²) < 4.78 is 0. The third-order valence-electron chi connectivity index (χ3n) is 3.30. The van der Waals surface area contributed by atoms with E-state index >= 15 is 0 Å². The van der Waals surface area contributed by atoms with Crippen LogP contribution in [0.25, 0.3) is 5.70 Å². The maximum absolute atomic E-state index is 12.3. The predicted octanol–water partition coefficient (Wildman–Crippen LogP) is 1.14. The Hall–Kier alpha value is -2.63. The minimum Gasteiger partial charge on any atom is -0.350 e. The summed E-state index contributed by atoms with van der Waals surface area (Å²) in [5.41, 5.74) is 1.41. The second kappa shape index (κ2) is 6.24. The topological polar surface area (TPSA) is 78.5 Å². The molecule has 0 radical (unpaired) electrons. The van der Waals surface area contributed by atoms with Crippen LogP contribution in [0.4, 0.5) is 0 Å². The van der Waals surface area contributed by atoms with Gasteiger partial charge in [0.2, 0.25) is 11.8 Å². The lowest BCUT2D eigenvalue weighted by atomic mass is 10.1. The van der Waals surface area contributed by atoms with Gasteiger partial charge in [0, 0.05) is 22.4 Å². The Morgan fingerprint density at radius 1 is 1.13 bits per heavy atom. The summed E-state index contributed by atoms with van der Waals surface area (Å²) in [5.74, 6) is -0.933. The molecule has 0 bridgehead atoms. The van der Waals surface area contributed by atoms with Gasteiger partial charge in [-0.15, -0.1) is 0 Å². The maximum Gasteiger partial charge on any atom is 0.259 e. The van der Waals surface area contributed by atoms with Gasteiger partial charge >= 0.3 is 0 Å². The number of rotatable bonds is 4. The molecule has 23 heavy (non-hydrogen) atoms. The van der Waals surface area contributed by atoms with E-state index in [1.54, 1.807) is 18.2 Å². The van der Waals surface area contributed by atoms with Crippen LogP contribution in [0.1, 0.15) is 36.7 Å². The van der Waals surface area contributed by atoms with Crippen molar-refractivity contribution in [2.45, 2.75) is 26.3 Å². The highest BCUT2D eigenvalue weighted by Gasteiger charge is 2.31. The van der Waals surface area contributed by atoms with Gasteiger partial charge in [-0.2, -0.15) is 0 Å². The first-order valence-corrected chi connectivity index (χ1v) is 7.37. The Bertz CT molecular complexity index is 639. The molecule has 1 aliphatic heterocycles. The van der Waals surface area contributed by atoms with Crippen LogP contribution in [0.2, 0.25) is 0 Å². The fraction of sp³-hybridized carbons (Fsp3) is 0.353. The van der Waals surface area contributed by atoms with Gasteiger partial charge < -0.3 is 10.6 Å². The lowest BCUT2D eigenvalue weighted by Crippen LogP contribution is -2.47. The summed E-state index contributed by atoms with van der Waals surface area (Å²) in [4.78, 5) is 37.3. The normalized spacial score (nSPS) is 13.8. The van der Waals surface area contributed by atoms with Crippen LogP contribution in [0.3, 0.4) is 0 Å². The second-order valence-electron chi connectivity index (χ2n) is 6.46. The number of benzene rings is 1. The summed E-state index contributed by atoms with van der Waals surface area (Å²) in [6.45, 7) is 9.16. The number of hydrogen-bond donors (Lipinski definition) is 2. The molecular formula is C17H21N3O3. The summed E-state index contributed by atoms with van der Waals surface area (Å²) in [6, 6.07) is 7.09. The molecule has 0 spiro atoms. The van der Waals surface area contributed by atoms with E-state index in [-0.39, 0.29) is 30.4 Å². The van der Waals surface area contributed by atoms with Crippen molar-refractivity contribution in [2.75, 3.05) is 13.1 Å². The molecule has 6 nitrogen and oxygen atoms in total. The van der Waals surface area contributed by atoms with Crippen molar-refractivity contribution in [3.05, 3.63) is 42.0 Å². The van der Waals surface area contributed by atoms with Gasteiger partial charge in [-0.25, -0.2) is 0 Å². The first-order valence-electron chi connectivity index (χ1n) is 7.37. The number of carbonyl (C=O) groups excluding carboxylic acids is 3. The second-order valence-corrected chi connectivity index (χ2v) is 6.46. The molecule has 0 fully saturated rings. The van der Waals surface area contributed by atoms with E-state index in [9.17, 15) is 14.4 Å². The molecule has 1 aromatic carbocycles. The molecule has 3 amide bonds. The summed E-state index contributed by atoms with van der Waals surface area (Å²) >= 11 is 0. The van der Waals surface area contributed by atoms with Gasteiger partial charge in [0.1, 0.15) is 6.54 Å². The lowest BCUT2D eigenvalue weighted by molar-refractivity contribution is -0.126. The van der Waals surface area contributed by atoms with Crippen LogP contribution < -0.4 is 10.6 Å². The average molecular weight is 315 g/mol. The molecule has 6 heteroatoms. The van der Waals surface area contributed by atoms with Crippen molar-refractivity contribution in [2.24, 2.45) is 0 Å². The molecular weight excluding hydrogens is 294 g/mol. The molecule has 1 aromatic rings. The number of nitrogens with one attached hydrogen (secondary N) is 2. The van der Waals surface area contributed by atoms with Gasteiger partial charge in [0.25, 0.3) is 5.91 Å². The molecule has 2 rings (SSSR count). The zero-order chi connectivity index (χ0) is 17.2. The van der Waals surface area contributed by atoms with Crippen LogP contribution in [0.15, 0.2) is 30.8 Å². The molecule has 1 heterocycles. The third kappa shape index (κ3) is 3.97. The Morgan fingerprint density at radius 3 is 2.30 bits per heavy atom. The highest BCUT2D eigenvalue weighted by Crippen LogP contribution is 2.30. The van der Waals surface area contributed by atoms with Crippen molar-refractivity contribution in [1.29, 1.82) is 0 Å². The Kier molecular flexibility index (Phi) is 4.54. The van der Waals surface area contributed by atoms with E-state index in [0.29, 0.717) is 11.3 Å². The van der Waals surface area contributed by atoms with E-state index < -0.39 is 5.91 Å². The van der Waals surface area contributed by atoms with Gasteiger partial charge in [0.05, 0.1) is 6.54 Å². The van der Waals surface area contributed by atoms with E-state index in [0.717, 1.165) is 5.56 Å². The van der Waals surface area contributed by atoms with Crippen molar-refractivity contribution in [3.8, 4) is 0 Å². The Labute approximate surface area is 135 Å². The number of carbonyl (C=O) groups is 3. The van der Waals surface area contributed by atoms with E-state index in [4.69, 9.17) is 0 Å². The van der Waals surface area contributed by atoms with Crippen molar-refractivity contribution < 1.29 is 14.4 Å². The highest BCUT2D eigenvalue weighted by molar-refractivity contribution is 6.10. The Balaban J connectivity index is 1.91. The fourth-order valence-electron chi connectivity index (χ4n) is 2.34. The maximum atomic E-state index is 12.3. The average Bonchev–Trinajstić information content (AvgIpc) is 2.69. The quantitative estimate of drug-likeness (QED) is 0.874. The molecule has 0 aliphatic carbocycles. The van der Waals surface area contributed by atoms with E-state index in [1.165, 1.54) is 4.90 Å². The smallest absolute Gasteiger partial charge is 0.259 e. The first-order chi connectivity index (χ1) is 10.7. The third-order valence-corrected chi connectivity index (χ3v) is 3.30. The molecule has 1 aliphatic rings. The predicted molar refractivity (Wildman–Crippen MR) is 87.4 cm³/mol. The molecule has 0 aromatic heterocycles. The molecule has 0 saturated heterocycles. The van der Waals surface area contributed by atoms with Crippen LogP contribution in [-0.4, -0.2) is 41.2 Å². The van der Waals surface area contributed by atoms with Crippen molar-refractivity contribution >= 4 is 23.4 Å². The fourth-order valence-corrected chi connectivity index (χ4v) is 2.34.